The lowest BCUT2D eigenvalue weighted by molar-refractivity contribution is -0.151. The molecule has 0 spiro atoms. The highest BCUT2D eigenvalue weighted by atomic mass is 16.5. The molecule has 0 aliphatic rings. The highest BCUT2D eigenvalue weighted by Gasteiger charge is 2.30. The van der Waals surface area contributed by atoms with E-state index in [9.17, 15) is 19.8 Å². The summed E-state index contributed by atoms with van der Waals surface area (Å²) in [6, 6.07) is 0. The summed E-state index contributed by atoms with van der Waals surface area (Å²) in [6.07, 6.45) is -4.54. The fraction of sp³-hybridized carbons (Fsp3) is 0.556. The molecule has 0 rings (SSSR count). The van der Waals surface area contributed by atoms with Gasteiger partial charge < -0.3 is 25.2 Å². The normalized spacial score (nSPS) is 16.0. The van der Waals surface area contributed by atoms with Crippen molar-refractivity contribution in [3.63, 3.8) is 0 Å². The van der Waals surface area contributed by atoms with Crippen LogP contribution in [0.3, 0.4) is 0 Å². The fourth-order valence-electron chi connectivity index (χ4n) is 0.819. The molecule has 0 aromatic rings. The van der Waals surface area contributed by atoms with Gasteiger partial charge >= 0.3 is 5.97 Å². The van der Waals surface area contributed by atoms with Crippen LogP contribution in [0.2, 0.25) is 0 Å². The van der Waals surface area contributed by atoms with Crippen LogP contribution in [0.5, 0.6) is 0 Å². The minimum atomic E-state index is -1.93. The maximum Gasteiger partial charge on any atom is 0.330 e. The van der Waals surface area contributed by atoms with Crippen LogP contribution in [-0.2, 0) is 14.3 Å². The maximum absolute atomic E-state index is 10.8. The Bertz CT molecular complexity index is 263. The fourth-order valence-corrected chi connectivity index (χ4v) is 0.819. The average Bonchev–Trinajstić information content (AvgIpc) is 2.32. The SMILES string of the molecule is C=CC(=O)OC[C@@H](O)[C@@H](O)[C@@H](O)C(=O)CO. The van der Waals surface area contributed by atoms with Crippen molar-refractivity contribution < 1.29 is 34.8 Å². The van der Waals surface area contributed by atoms with Gasteiger partial charge in [-0.25, -0.2) is 4.79 Å². The summed E-state index contributed by atoms with van der Waals surface area (Å²) >= 11 is 0. The van der Waals surface area contributed by atoms with E-state index in [-0.39, 0.29) is 0 Å². The number of hydrogen-bond acceptors (Lipinski definition) is 7. The van der Waals surface area contributed by atoms with Gasteiger partial charge in [0.2, 0.25) is 0 Å². The van der Waals surface area contributed by atoms with Crippen molar-refractivity contribution in [1.29, 1.82) is 0 Å². The molecule has 0 unspecified atom stereocenters. The van der Waals surface area contributed by atoms with E-state index in [2.05, 4.69) is 11.3 Å². The Hall–Kier alpha value is -1.28. The summed E-state index contributed by atoms with van der Waals surface area (Å²) < 4.78 is 4.39. The molecule has 0 heterocycles. The van der Waals surface area contributed by atoms with Crippen molar-refractivity contribution in [1.82, 2.24) is 0 Å². The Morgan fingerprint density at radius 2 is 1.88 bits per heavy atom. The Kier molecular flexibility index (Phi) is 6.50. The van der Waals surface area contributed by atoms with E-state index in [1.165, 1.54) is 0 Å². The van der Waals surface area contributed by atoms with Crippen molar-refractivity contribution in [3.05, 3.63) is 12.7 Å². The summed E-state index contributed by atoms with van der Waals surface area (Å²) in [5.74, 6) is -1.85. The molecule has 0 amide bonds. The predicted octanol–water partition coefficient (Wildman–Crippen LogP) is -2.64. The molecular weight excluding hydrogens is 220 g/mol. The zero-order valence-corrected chi connectivity index (χ0v) is 8.44. The van der Waals surface area contributed by atoms with Crippen LogP contribution in [0.15, 0.2) is 12.7 Å². The molecule has 0 aliphatic carbocycles. The number of ether oxygens (including phenoxy) is 1. The first kappa shape index (κ1) is 14.7. The molecule has 7 heteroatoms. The van der Waals surface area contributed by atoms with Crippen molar-refractivity contribution in [3.8, 4) is 0 Å². The van der Waals surface area contributed by atoms with Gasteiger partial charge in [-0.1, -0.05) is 6.58 Å². The number of aliphatic hydroxyl groups excluding tert-OH is 4. The third kappa shape index (κ3) is 4.49. The van der Waals surface area contributed by atoms with Crippen molar-refractivity contribution in [2.45, 2.75) is 18.3 Å². The third-order valence-corrected chi connectivity index (χ3v) is 1.77. The van der Waals surface area contributed by atoms with Crippen molar-refractivity contribution >= 4 is 11.8 Å². The zero-order chi connectivity index (χ0) is 12.7. The standard InChI is InChI=1S/C9H14O7/c1-2-7(13)16-4-6(12)9(15)8(14)5(11)3-10/h2,6,8-10,12,14-15H,1,3-4H2/t6-,8+,9-/m1/s1. The van der Waals surface area contributed by atoms with E-state index in [0.717, 1.165) is 6.08 Å². The Morgan fingerprint density at radius 1 is 1.31 bits per heavy atom. The quantitative estimate of drug-likeness (QED) is 0.280. The van der Waals surface area contributed by atoms with Crippen LogP contribution in [-0.4, -0.2) is 63.7 Å². The smallest absolute Gasteiger partial charge is 0.330 e. The third-order valence-electron chi connectivity index (χ3n) is 1.77. The van der Waals surface area contributed by atoms with E-state index in [1.54, 1.807) is 0 Å². The van der Waals surface area contributed by atoms with Gasteiger partial charge in [0.15, 0.2) is 5.78 Å². The number of aliphatic hydroxyl groups is 4. The maximum atomic E-state index is 10.8. The second-order valence-corrected chi connectivity index (χ2v) is 2.96. The van der Waals surface area contributed by atoms with Crippen LogP contribution in [0, 0.1) is 0 Å². The van der Waals surface area contributed by atoms with Gasteiger partial charge in [0.25, 0.3) is 0 Å². The summed E-state index contributed by atoms with van der Waals surface area (Å²) in [6.45, 7) is 1.55. The number of ketones is 1. The van der Waals surface area contributed by atoms with Gasteiger partial charge in [-0.2, -0.15) is 0 Å². The zero-order valence-electron chi connectivity index (χ0n) is 8.44. The molecule has 0 radical (unpaired) electrons. The summed E-state index contributed by atoms with van der Waals surface area (Å²) in [5, 5.41) is 35.9. The minimum Gasteiger partial charge on any atom is -0.460 e. The summed E-state index contributed by atoms with van der Waals surface area (Å²) in [4.78, 5) is 21.4. The molecule has 4 N–H and O–H groups in total. The Labute approximate surface area is 91.6 Å². The van der Waals surface area contributed by atoms with Gasteiger partial charge in [-0.15, -0.1) is 0 Å². The molecule has 92 valence electrons. The van der Waals surface area contributed by atoms with E-state index in [4.69, 9.17) is 10.2 Å². The molecule has 0 aromatic carbocycles. The Balaban J connectivity index is 4.16. The van der Waals surface area contributed by atoms with Crippen molar-refractivity contribution in [2.75, 3.05) is 13.2 Å². The number of carbonyl (C=O) groups excluding carboxylic acids is 2. The monoisotopic (exact) mass is 234 g/mol. The second-order valence-electron chi connectivity index (χ2n) is 2.96. The minimum absolute atomic E-state index is 0.595. The van der Waals surface area contributed by atoms with Gasteiger partial charge in [0, 0.05) is 6.08 Å². The number of rotatable bonds is 7. The van der Waals surface area contributed by atoms with Gasteiger partial charge in [-0.3, -0.25) is 4.79 Å². The molecule has 7 nitrogen and oxygen atoms in total. The molecule has 0 saturated heterocycles. The van der Waals surface area contributed by atoms with Crippen LogP contribution >= 0.6 is 0 Å². The molecular formula is C9H14O7. The molecule has 16 heavy (non-hydrogen) atoms. The average molecular weight is 234 g/mol. The lowest BCUT2D eigenvalue weighted by Crippen LogP contribution is -2.45. The van der Waals surface area contributed by atoms with E-state index < -0.39 is 43.3 Å². The van der Waals surface area contributed by atoms with Crippen LogP contribution in [0.1, 0.15) is 0 Å². The lowest BCUT2D eigenvalue weighted by atomic mass is 10.1. The first-order valence-corrected chi connectivity index (χ1v) is 4.41. The van der Waals surface area contributed by atoms with Gasteiger partial charge in [0.1, 0.15) is 31.5 Å². The van der Waals surface area contributed by atoms with E-state index in [0.29, 0.717) is 0 Å². The summed E-state index contributed by atoms with van der Waals surface area (Å²) in [7, 11) is 0. The second kappa shape index (κ2) is 7.07. The first-order valence-electron chi connectivity index (χ1n) is 4.41. The number of carbonyl (C=O) groups is 2. The highest BCUT2D eigenvalue weighted by molar-refractivity contribution is 5.84. The Morgan fingerprint density at radius 3 is 2.31 bits per heavy atom. The molecule has 3 atom stereocenters. The predicted molar refractivity (Wildman–Crippen MR) is 51.3 cm³/mol. The molecule has 0 aromatic heterocycles. The van der Waals surface area contributed by atoms with E-state index >= 15 is 0 Å². The van der Waals surface area contributed by atoms with E-state index in [1.807, 2.05) is 0 Å². The molecule has 0 aliphatic heterocycles. The molecule has 0 saturated carbocycles. The van der Waals surface area contributed by atoms with Crippen molar-refractivity contribution in [2.24, 2.45) is 0 Å². The molecule has 0 fully saturated rings. The number of esters is 1. The largest absolute Gasteiger partial charge is 0.460 e. The van der Waals surface area contributed by atoms with Gasteiger partial charge in [0.05, 0.1) is 0 Å². The number of Topliss-reactive ketones (excluding diaryl/α,β-unsaturated/α-hetero) is 1. The van der Waals surface area contributed by atoms with Gasteiger partial charge in [-0.05, 0) is 0 Å². The summed E-state index contributed by atoms with van der Waals surface area (Å²) in [5.41, 5.74) is 0. The highest BCUT2D eigenvalue weighted by Crippen LogP contribution is 2.02. The van der Waals surface area contributed by atoms with Crippen LogP contribution in [0.4, 0.5) is 0 Å². The number of hydrogen-bond donors (Lipinski definition) is 4. The lowest BCUT2D eigenvalue weighted by Gasteiger charge is -2.20. The topological polar surface area (TPSA) is 124 Å². The molecule has 0 bridgehead atoms. The van der Waals surface area contributed by atoms with Crippen LogP contribution < -0.4 is 0 Å². The van der Waals surface area contributed by atoms with Crippen LogP contribution in [0.25, 0.3) is 0 Å². The first-order chi connectivity index (χ1) is 7.43.